The monoisotopic (exact) mass is 1330 g/mol. The molecule has 14 bridgehead atoms. The number of aliphatic hydroxyl groups excluding tert-OH is 7. The second kappa shape index (κ2) is 35.4. The van der Waals surface area contributed by atoms with Crippen LogP contribution in [0.4, 0.5) is 0 Å². The number of hydrogen-bond acceptors (Lipinski definition) is 35. The van der Waals surface area contributed by atoms with Crippen molar-refractivity contribution in [2.45, 2.75) is 215 Å². The third-order valence-corrected chi connectivity index (χ3v) is 17.6. The SMILES string of the molecule is COC[C@@H]1O[C@@H]2O[C@H]3[C@H](O)[C@@H](OC)[C@@H](O[C@H]4[C@H](O)[C@@H](OC)[C@@H](O[C@H]5[C@@H](O)[C@@H](OC)[C@@H](O[C@H]6[C@H](O)[C@@H](OC)[C@@H](O[C@H]7[C@H](O)[C@@H](OC)[C@@H](O[C@H]8[C@H](O)[C@@H](OC)C(O[C@H]1[C@H](O)[C@H]2OC)O[C@H]8COC)O[C@@H]7COC)O[C@@H]6COC)O[C@@H]5COC)O[C@H]4COC)O[C@H]3COC. The fourth-order valence-electron chi connectivity index (χ4n) is 13.1. The molecule has 0 spiro atoms. The second-order valence-electron chi connectivity index (χ2n) is 23.0. The fraction of sp³-hybridized carbons (Fsp3) is 1.00. The molecule has 35 atom stereocenters. The van der Waals surface area contributed by atoms with E-state index in [1.807, 2.05) is 0 Å². The van der Waals surface area contributed by atoms with E-state index < -0.39 is 215 Å². The molecule has 0 aromatic rings. The van der Waals surface area contributed by atoms with Gasteiger partial charge in [-0.2, -0.15) is 0 Å². The first-order valence-corrected chi connectivity index (χ1v) is 30.0. The Morgan fingerprint density at radius 1 is 0.187 bits per heavy atom. The van der Waals surface area contributed by atoms with Gasteiger partial charge < -0.3 is 168 Å². The molecule has 0 saturated carbocycles. The third-order valence-electron chi connectivity index (χ3n) is 17.6. The molecular weight excluding hydrogens is 1230 g/mol. The molecule has 91 heavy (non-hydrogen) atoms. The summed E-state index contributed by atoms with van der Waals surface area (Å²) in [5.41, 5.74) is 0. The highest BCUT2D eigenvalue weighted by molar-refractivity contribution is 5.03. The summed E-state index contributed by atoms with van der Waals surface area (Å²) in [6.45, 7) is -1.59. The van der Waals surface area contributed by atoms with Crippen LogP contribution in [-0.4, -0.2) is 396 Å². The van der Waals surface area contributed by atoms with Gasteiger partial charge in [-0.05, 0) is 0 Å². The smallest absolute Gasteiger partial charge is 0.187 e. The molecule has 0 aromatic heterocycles. The Hall–Kier alpha value is -1.40. The lowest BCUT2D eigenvalue weighted by molar-refractivity contribution is -0.400. The summed E-state index contributed by atoms with van der Waals surface area (Å²) in [5.74, 6) is 0. The minimum Gasteiger partial charge on any atom is -0.387 e. The topological polar surface area (TPSA) is 400 Å². The zero-order valence-corrected chi connectivity index (χ0v) is 53.7. The van der Waals surface area contributed by atoms with Crippen LogP contribution in [0.5, 0.6) is 0 Å². The van der Waals surface area contributed by atoms with Gasteiger partial charge in [0.15, 0.2) is 44.0 Å². The van der Waals surface area contributed by atoms with E-state index in [1.165, 1.54) is 99.5 Å². The lowest BCUT2D eigenvalue weighted by Crippen LogP contribution is -2.69. The van der Waals surface area contributed by atoms with Gasteiger partial charge in [-0.25, -0.2) is 0 Å². The molecule has 0 aromatic carbocycles. The average molecular weight is 1330 g/mol. The summed E-state index contributed by atoms with van der Waals surface area (Å²) < 4.78 is 171. The molecule has 0 aliphatic carbocycles. The highest BCUT2D eigenvalue weighted by Gasteiger charge is 2.61. The maximum atomic E-state index is 12.3. The Kier molecular flexibility index (Phi) is 29.3. The minimum absolute atomic E-state index is 0.227. The zero-order chi connectivity index (χ0) is 66.0. The van der Waals surface area contributed by atoms with E-state index in [2.05, 4.69) is 0 Å². The molecule has 21 saturated heterocycles. The fourth-order valence-corrected chi connectivity index (χ4v) is 13.1. The van der Waals surface area contributed by atoms with Gasteiger partial charge in [-0.15, -0.1) is 0 Å². The van der Waals surface area contributed by atoms with Crippen molar-refractivity contribution in [2.75, 3.05) is 146 Å². The van der Waals surface area contributed by atoms with Crippen LogP contribution in [0, 0.1) is 0 Å². The molecule has 35 nitrogen and oxygen atoms in total. The van der Waals surface area contributed by atoms with Crippen molar-refractivity contribution in [3.8, 4) is 0 Å². The van der Waals surface area contributed by atoms with Crippen LogP contribution < -0.4 is 0 Å². The van der Waals surface area contributed by atoms with Crippen LogP contribution in [0.1, 0.15) is 0 Å². The number of methoxy groups -OCH3 is 14. The Labute approximate surface area is 528 Å². The second-order valence-corrected chi connectivity index (χ2v) is 23.0. The van der Waals surface area contributed by atoms with E-state index in [1.54, 1.807) is 0 Å². The van der Waals surface area contributed by atoms with Crippen molar-refractivity contribution in [1.82, 2.24) is 0 Å². The van der Waals surface area contributed by atoms with Crippen molar-refractivity contribution < 1.29 is 168 Å². The average Bonchev–Trinajstić information content (AvgIpc) is 0.810. The van der Waals surface area contributed by atoms with Gasteiger partial charge in [0.05, 0.1) is 46.2 Å². The summed E-state index contributed by atoms with van der Waals surface area (Å²) in [7, 11) is 18.7. The summed E-state index contributed by atoms with van der Waals surface area (Å²) in [6.07, 6.45) is -49.4. The molecule has 7 N–H and O–H groups in total. The van der Waals surface area contributed by atoms with Crippen LogP contribution in [0.25, 0.3) is 0 Å². The van der Waals surface area contributed by atoms with Gasteiger partial charge in [0, 0.05) is 99.5 Å². The predicted octanol–water partition coefficient (Wildman–Crippen LogP) is -6.07. The first-order valence-electron chi connectivity index (χ1n) is 30.0. The molecule has 35 heteroatoms. The third kappa shape index (κ3) is 16.3. The van der Waals surface area contributed by atoms with Gasteiger partial charge in [-0.3, -0.25) is 0 Å². The maximum Gasteiger partial charge on any atom is 0.187 e. The molecule has 21 aliphatic heterocycles. The Bertz CT molecular complexity index is 1680. The van der Waals surface area contributed by atoms with E-state index in [0.29, 0.717) is 0 Å². The van der Waals surface area contributed by atoms with Crippen molar-refractivity contribution in [3.63, 3.8) is 0 Å². The molecule has 0 amide bonds. The molecule has 1 unspecified atom stereocenters. The van der Waals surface area contributed by atoms with E-state index >= 15 is 0 Å². The van der Waals surface area contributed by atoms with Crippen LogP contribution >= 0.6 is 0 Å². The standard InChI is InChI=1S/C56H98O35/c1-64-15-22-36-29(57)43(71-8)50(78-22)86-37-23(16-65-2)80-52(45(73-10)30(37)58)88-39-25(18-67-4)82-54(47(75-12)32(39)60)90-41-27(20-69-6)84-56(49(77-14)34(41)62)91-42-28(21-70-7)83-55(48(76-13)35(42)63)89-40-26(19-68-5)81-53(46(74-11)33(40)61)87-38-24(17-66-3)79-51(85-36)44(72-9)31(38)59/h22-63H,15-21H2,1-14H3/t22-,23-,24-,25-,26+,27+,28+,29-,30-,31-,32-,33-,34+,35-,36+,37+,38+,39+,40+,41+,42+,43+,44+,45+,46+,47+,48+,49+,50+,51?,52+,53+,54+,55+,56+/m0/s1. The van der Waals surface area contributed by atoms with Crippen molar-refractivity contribution >= 4 is 0 Å². The van der Waals surface area contributed by atoms with Gasteiger partial charge >= 0.3 is 0 Å². The summed E-state index contributed by atoms with van der Waals surface area (Å²) in [6, 6.07) is 0. The molecule has 21 aliphatic rings. The van der Waals surface area contributed by atoms with Gasteiger partial charge in [-0.1, -0.05) is 0 Å². The molecular formula is C56H98O35. The largest absolute Gasteiger partial charge is 0.387 e. The highest BCUT2D eigenvalue weighted by atomic mass is 16.8. The van der Waals surface area contributed by atoms with Gasteiger partial charge in [0.1, 0.15) is 171 Å². The molecule has 21 fully saturated rings. The van der Waals surface area contributed by atoms with Gasteiger partial charge in [0.2, 0.25) is 0 Å². The van der Waals surface area contributed by atoms with E-state index in [-0.39, 0.29) is 46.2 Å². The molecule has 0 radical (unpaired) electrons. The lowest BCUT2D eigenvalue weighted by Gasteiger charge is -2.51. The van der Waals surface area contributed by atoms with E-state index in [9.17, 15) is 35.7 Å². The Morgan fingerprint density at radius 2 is 0.297 bits per heavy atom. The van der Waals surface area contributed by atoms with Crippen LogP contribution in [-0.2, 0) is 133 Å². The molecule has 21 heterocycles. The van der Waals surface area contributed by atoms with Crippen molar-refractivity contribution in [1.29, 1.82) is 0 Å². The van der Waals surface area contributed by atoms with Crippen molar-refractivity contribution in [3.05, 3.63) is 0 Å². The van der Waals surface area contributed by atoms with Gasteiger partial charge in [0.25, 0.3) is 0 Å². The minimum atomic E-state index is -1.62. The van der Waals surface area contributed by atoms with Crippen LogP contribution in [0.15, 0.2) is 0 Å². The lowest BCUT2D eigenvalue weighted by atomic mass is 9.95. The molecule has 532 valence electrons. The normalized spacial score (nSPS) is 48.7. The number of aliphatic hydroxyl groups is 7. The predicted molar refractivity (Wildman–Crippen MR) is 295 cm³/mol. The summed E-state index contributed by atoms with van der Waals surface area (Å²) in [5, 5.41) is 86.2. The Morgan fingerprint density at radius 3 is 0.385 bits per heavy atom. The van der Waals surface area contributed by atoms with E-state index in [4.69, 9.17) is 133 Å². The van der Waals surface area contributed by atoms with Crippen LogP contribution in [0.2, 0.25) is 0 Å². The quantitative estimate of drug-likeness (QED) is 0.0562. The zero-order valence-electron chi connectivity index (χ0n) is 53.7. The summed E-state index contributed by atoms with van der Waals surface area (Å²) in [4.78, 5) is 0. The van der Waals surface area contributed by atoms with Crippen molar-refractivity contribution in [2.24, 2.45) is 0 Å². The first kappa shape index (κ1) is 75.4. The first-order chi connectivity index (χ1) is 43.9. The number of rotatable bonds is 21. The highest BCUT2D eigenvalue weighted by Crippen LogP contribution is 2.41. The molecule has 21 rings (SSSR count). The summed E-state index contributed by atoms with van der Waals surface area (Å²) >= 11 is 0. The maximum absolute atomic E-state index is 12.3. The Balaban J connectivity index is 1.17. The number of ether oxygens (including phenoxy) is 28. The number of hydrogen-bond donors (Lipinski definition) is 7. The van der Waals surface area contributed by atoms with E-state index in [0.717, 1.165) is 0 Å². The van der Waals surface area contributed by atoms with Crippen LogP contribution in [0.3, 0.4) is 0 Å².